The molecule has 16 heavy (non-hydrogen) atoms. The number of benzene rings is 1. The number of carbonyl (C=O) groups excluding carboxylic acids is 1. The fourth-order valence-corrected chi connectivity index (χ4v) is 1.10. The molecule has 4 heteroatoms. The van der Waals surface area contributed by atoms with Gasteiger partial charge in [0.25, 0.3) is 0 Å². The van der Waals surface area contributed by atoms with Crippen molar-refractivity contribution in [1.29, 1.82) is 0 Å². The van der Waals surface area contributed by atoms with Crippen molar-refractivity contribution in [2.75, 3.05) is 5.32 Å². The molecule has 1 aromatic rings. The van der Waals surface area contributed by atoms with Crippen LogP contribution in [0.3, 0.4) is 0 Å². The Morgan fingerprint density at radius 3 is 2.50 bits per heavy atom. The van der Waals surface area contributed by atoms with Crippen LogP contribution in [0.5, 0.6) is 0 Å². The summed E-state index contributed by atoms with van der Waals surface area (Å²) in [5, 5.41) is 2.55. The van der Waals surface area contributed by atoms with E-state index in [0.29, 0.717) is 5.56 Å². The molecular weight excluding hydrogens is 207 g/mol. The predicted octanol–water partition coefficient (Wildman–Crippen LogP) is 2.27. The zero-order chi connectivity index (χ0) is 12.3. The minimum atomic E-state index is -0.543. The van der Waals surface area contributed by atoms with Gasteiger partial charge in [0.05, 0.1) is 5.69 Å². The molecule has 3 N–H and O–H groups in total. The maximum atomic E-state index is 13.5. The Bertz CT molecular complexity index is 396. The van der Waals surface area contributed by atoms with Crippen molar-refractivity contribution in [3.05, 3.63) is 29.6 Å². The zero-order valence-corrected chi connectivity index (χ0v) is 9.80. The van der Waals surface area contributed by atoms with Crippen LogP contribution < -0.4 is 11.1 Å². The van der Waals surface area contributed by atoms with Crippen molar-refractivity contribution < 1.29 is 9.18 Å². The van der Waals surface area contributed by atoms with Gasteiger partial charge in [-0.3, -0.25) is 4.79 Å². The topological polar surface area (TPSA) is 55.1 Å². The number of rotatable bonds is 2. The summed E-state index contributed by atoms with van der Waals surface area (Å²) in [5.41, 5.74) is 5.73. The van der Waals surface area contributed by atoms with E-state index in [-0.39, 0.29) is 18.1 Å². The van der Waals surface area contributed by atoms with Gasteiger partial charge >= 0.3 is 0 Å². The molecule has 0 heterocycles. The van der Waals surface area contributed by atoms with E-state index in [1.165, 1.54) is 12.1 Å². The summed E-state index contributed by atoms with van der Waals surface area (Å²) >= 11 is 0. The van der Waals surface area contributed by atoms with Crippen LogP contribution in [0.15, 0.2) is 18.2 Å². The molecule has 0 aromatic heterocycles. The third-order valence-corrected chi connectivity index (χ3v) is 2.20. The van der Waals surface area contributed by atoms with Crippen molar-refractivity contribution in [3.8, 4) is 0 Å². The van der Waals surface area contributed by atoms with E-state index in [2.05, 4.69) is 5.32 Å². The van der Waals surface area contributed by atoms with Crippen LogP contribution in [0.2, 0.25) is 0 Å². The Morgan fingerprint density at radius 1 is 1.44 bits per heavy atom. The predicted molar refractivity (Wildman–Crippen MR) is 62.4 cm³/mol. The van der Waals surface area contributed by atoms with Crippen molar-refractivity contribution >= 4 is 11.6 Å². The van der Waals surface area contributed by atoms with E-state index in [1.807, 2.05) is 0 Å². The largest absolute Gasteiger partial charge is 0.326 e. The lowest BCUT2D eigenvalue weighted by Gasteiger charge is -2.18. The van der Waals surface area contributed by atoms with Gasteiger partial charge in [-0.15, -0.1) is 0 Å². The molecule has 0 fully saturated rings. The van der Waals surface area contributed by atoms with Crippen LogP contribution in [0.1, 0.15) is 26.3 Å². The molecule has 0 saturated carbocycles. The van der Waals surface area contributed by atoms with Crippen LogP contribution in [-0.4, -0.2) is 5.91 Å². The van der Waals surface area contributed by atoms with Crippen LogP contribution in [0.25, 0.3) is 0 Å². The van der Waals surface area contributed by atoms with Crippen molar-refractivity contribution in [3.63, 3.8) is 0 Å². The molecule has 1 rings (SSSR count). The number of nitrogens with one attached hydrogen (secondary N) is 1. The van der Waals surface area contributed by atoms with E-state index in [4.69, 9.17) is 5.73 Å². The van der Waals surface area contributed by atoms with Gasteiger partial charge in [-0.25, -0.2) is 4.39 Å². The lowest BCUT2D eigenvalue weighted by molar-refractivity contribution is -0.123. The molecular formula is C12H17FN2O. The van der Waals surface area contributed by atoms with E-state index in [0.717, 1.165) is 0 Å². The average molecular weight is 224 g/mol. The normalized spacial score (nSPS) is 11.3. The highest BCUT2D eigenvalue weighted by atomic mass is 19.1. The minimum Gasteiger partial charge on any atom is -0.326 e. The molecule has 0 unspecified atom stereocenters. The Morgan fingerprint density at radius 2 is 2.06 bits per heavy atom. The molecule has 0 bridgehead atoms. The molecule has 88 valence electrons. The highest BCUT2D eigenvalue weighted by Gasteiger charge is 2.22. The standard InChI is InChI=1S/C12H17FN2O/c1-12(2,3)11(16)15-10-5-4-8(7-14)6-9(10)13/h4-6H,7,14H2,1-3H3,(H,15,16). The first kappa shape index (κ1) is 12.6. The molecule has 0 spiro atoms. The SMILES string of the molecule is CC(C)(C)C(=O)Nc1ccc(CN)cc1F. The van der Waals surface area contributed by atoms with Crippen LogP contribution in [-0.2, 0) is 11.3 Å². The first-order chi connectivity index (χ1) is 7.34. The van der Waals surface area contributed by atoms with Gasteiger partial charge < -0.3 is 11.1 Å². The quantitative estimate of drug-likeness (QED) is 0.809. The third kappa shape index (κ3) is 3.03. The highest BCUT2D eigenvalue weighted by Crippen LogP contribution is 2.20. The Labute approximate surface area is 94.8 Å². The molecule has 0 aliphatic carbocycles. The number of amides is 1. The van der Waals surface area contributed by atoms with Crippen molar-refractivity contribution in [2.45, 2.75) is 27.3 Å². The van der Waals surface area contributed by atoms with E-state index >= 15 is 0 Å². The van der Waals surface area contributed by atoms with Gasteiger partial charge in [0.1, 0.15) is 5.82 Å². The number of carbonyl (C=O) groups is 1. The molecule has 1 aromatic carbocycles. The van der Waals surface area contributed by atoms with E-state index in [1.54, 1.807) is 26.8 Å². The molecule has 3 nitrogen and oxygen atoms in total. The average Bonchev–Trinajstić information content (AvgIpc) is 2.19. The molecule has 0 saturated heterocycles. The zero-order valence-electron chi connectivity index (χ0n) is 9.80. The van der Waals surface area contributed by atoms with Crippen molar-refractivity contribution in [2.24, 2.45) is 11.1 Å². The van der Waals surface area contributed by atoms with Gasteiger partial charge in [0.15, 0.2) is 0 Å². The Balaban J connectivity index is 2.87. The summed E-state index contributed by atoms with van der Waals surface area (Å²) in [4.78, 5) is 11.6. The van der Waals surface area contributed by atoms with Crippen LogP contribution >= 0.6 is 0 Å². The first-order valence-corrected chi connectivity index (χ1v) is 5.14. The second-order valence-corrected chi connectivity index (χ2v) is 4.72. The van der Waals surface area contributed by atoms with Gasteiger partial charge in [-0.2, -0.15) is 0 Å². The van der Waals surface area contributed by atoms with Crippen LogP contribution in [0.4, 0.5) is 10.1 Å². The number of hydrogen-bond donors (Lipinski definition) is 2. The summed E-state index contributed by atoms with van der Waals surface area (Å²) in [6.45, 7) is 5.60. The van der Waals surface area contributed by atoms with Gasteiger partial charge in [-0.1, -0.05) is 26.8 Å². The second-order valence-electron chi connectivity index (χ2n) is 4.72. The Hall–Kier alpha value is -1.42. The van der Waals surface area contributed by atoms with Gasteiger partial charge in [-0.05, 0) is 17.7 Å². The number of hydrogen-bond acceptors (Lipinski definition) is 2. The summed E-state index contributed by atoms with van der Waals surface area (Å²) in [5.74, 6) is -0.674. The molecule has 0 radical (unpaired) electrons. The fourth-order valence-electron chi connectivity index (χ4n) is 1.10. The highest BCUT2D eigenvalue weighted by molar-refractivity contribution is 5.94. The van der Waals surface area contributed by atoms with E-state index in [9.17, 15) is 9.18 Å². The molecule has 0 atom stereocenters. The lowest BCUT2D eigenvalue weighted by atomic mass is 9.95. The second kappa shape index (κ2) is 4.61. The number of nitrogens with two attached hydrogens (primary N) is 1. The van der Waals surface area contributed by atoms with Crippen LogP contribution in [0, 0.1) is 11.2 Å². The third-order valence-electron chi connectivity index (χ3n) is 2.20. The summed E-state index contributed by atoms with van der Waals surface area (Å²) in [7, 11) is 0. The Kier molecular flexibility index (Phi) is 3.65. The summed E-state index contributed by atoms with van der Waals surface area (Å²) < 4.78 is 13.5. The van der Waals surface area contributed by atoms with Crippen molar-refractivity contribution in [1.82, 2.24) is 0 Å². The van der Waals surface area contributed by atoms with Gasteiger partial charge in [0.2, 0.25) is 5.91 Å². The fraction of sp³-hybridized carbons (Fsp3) is 0.417. The number of anilines is 1. The summed E-state index contributed by atoms with van der Waals surface area (Å²) in [6, 6.07) is 4.56. The van der Waals surface area contributed by atoms with Gasteiger partial charge in [0, 0.05) is 12.0 Å². The first-order valence-electron chi connectivity index (χ1n) is 5.14. The molecule has 0 aliphatic rings. The maximum absolute atomic E-state index is 13.5. The monoisotopic (exact) mass is 224 g/mol. The maximum Gasteiger partial charge on any atom is 0.229 e. The molecule has 0 aliphatic heterocycles. The smallest absolute Gasteiger partial charge is 0.229 e. The lowest BCUT2D eigenvalue weighted by Crippen LogP contribution is -2.28. The minimum absolute atomic E-state index is 0.192. The summed E-state index contributed by atoms with van der Waals surface area (Å²) in [6.07, 6.45) is 0. The van der Waals surface area contributed by atoms with E-state index < -0.39 is 11.2 Å². The molecule has 1 amide bonds. The number of halogens is 1.